The number of amidine groups is 1. The van der Waals surface area contributed by atoms with Crippen LogP contribution in [0, 0.1) is 0 Å². The predicted molar refractivity (Wildman–Crippen MR) is 97.0 cm³/mol. The zero-order chi connectivity index (χ0) is 16.2. The third-order valence-electron chi connectivity index (χ3n) is 3.38. The Kier molecular flexibility index (Phi) is 4.34. The van der Waals surface area contributed by atoms with Crippen LogP contribution >= 0.6 is 11.3 Å². The number of hydrogen-bond acceptors (Lipinski definition) is 5. The standard InChI is InChI=1S/C17H17N5S/c1-11(9-19-2)17(18)22-14-10-23-15-4-3-13(21-16(14)15)12-5-7-20-8-6-12/h3-10,19H,1-2H3,(H2,18,22)/b11-9-. The van der Waals surface area contributed by atoms with Crippen LogP contribution in [0.2, 0.25) is 0 Å². The molecule has 0 amide bonds. The van der Waals surface area contributed by atoms with Crippen LogP contribution < -0.4 is 11.1 Å². The van der Waals surface area contributed by atoms with Gasteiger partial charge in [0.2, 0.25) is 0 Å². The van der Waals surface area contributed by atoms with E-state index in [0.29, 0.717) is 5.84 Å². The highest BCUT2D eigenvalue weighted by atomic mass is 32.1. The van der Waals surface area contributed by atoms with E-state index in [-0.39, 0.29) is 0 Å². The van der Waals surface area contributed by atoms with Crippen molar-refractivity contribution in [2.45, 2.75) is 6.92 Å². The maximum absolute atomic E-state index is 6.04. The van der Waals surface area contributed by atoms with Gasteiger partial charge < -0.3 is 11.1 Å². The normalized spacial score (nSPS) is 12.6. The molecule has 0 spiro atoms. The average molecular weight is 323 g/mol. The molecule has 0 unspecified atom stereocenters. The fraction of sp³-hybridized carbons (Fsp3) is 0.118. The number of thiophene rings is 1. The average Bonchev–Trinajstić information content (AvgIpc) is 2.98. The Morgan fingerprint density at radius 2 is 2.04 bits per heavy atom. The van der Waals surface area contributed by atoms with E-state index in [2.05, 4.69) is 21.4 Å². The largest absolute Gasteiger partial charge is 0.394 e. The number of aromatic nitrogens is 2. The molecule has 23 heavy (non-hydrogen) atoms. The van der Waals surface area contributed by atoms with Crippen molar-refractivity contribution in [3.8, 4) is 11.3 Å². The summed E-state index contributed by atoms with van der Waals surface area (Å²) >= 11 is 1.61. The van der Waals surface area contributed by atoms with Crippen molar-refractivity contribution < 1.29 is 0 Å². The highest BCUT2D eigenvalue weighted by molar-refractivity contribution is 7.17. The van der Waals surface area contributed by atoms with Gasteiger partial charge in [0.05, 0.1) is 10.4 Å². The Bertz CT molecular complexity index is 880. The maximum Gasteiger partial charge on any atom is 0.128 e. The van der Waals surface area contributed by atoms with Gasteiger partial charge >= 0.3 is 0 Å². The summed E-state index contributed by atoms with van der Waals surface area (Å²) in [6.07, 6.45) is 5.35. The summed E-state index contributed by atoms with van der Waals surface area (Å²) in [5.74, 6) is 0.482. The number of nitrogens with one attached hydrogen (secondary N) is 1. The fourth-order valence-electron chi connectivity index (χ4n) is 2.17. The number of fused-ring (bicyclic) bond motifs is 1. The highest BCUT2D eigenvalue weighted by Crippen LogP contribution is 2.33. The molecule has 0 aromatic carbocycles. The van der Waals surface area contributed by atoms with Gasteiger partial charge in [-0.2, -0.15) is 0 Å². The van der Waals surface area contributed by atoms with Crippen molar-refractivity contribution in [2.75, 3.05) is 7.05 Å². The van der Waals surface area contributed by atoms with Crippen molar-refractivity contribution in [1.29, 1.82) is 0 Å². The molecule has 0 aliphatic rings. The summed E-state index contributed by atoms with van der Waals surface area (Å²) in [6, 6.07) is 7.96. The minimum atomic E-state index is 0.482. The number of rotatable bonds is 4. The molecule has 3 aromatic heterocycles. The Balaban J connectivity index is 2.06. The molecule has 3 rings (SSSR count). The van der Waals surface area contributed by atoms with E-state index in [1.165, 1.54) is 0 Å². The van der Waals surface area contributed by atoms with Crippen LogP contribution in [0.1, 0.15) is 6.92 Å². The molecule has 0 saturated heterocycles. The predicted octanol–water partition coefficient (Wildman–Crippen LogP) is 3.47. The number of nitrogens with zero attached hydrogens (tertiary/aromatic N) is 3. The number of hydrogen-bond donors (Lipinski definition) is 2. The van der Waals surface area contributed by atoms with E-state index in [4.69, 9.17) is 10.7 Å². The van der Waals surface area contributed by atoms with E-state index in [0.717, 1.165) is 32.7 Å². The summed E-state index contributed by atoms with van der Waals surface area (Å²) in [5, 5.41) is 4.93. The van der Waals surface area contributed by atoms with Crippen molar-refractivity contribution in [3.63, 3.8) is 0 Å². The smallest absolute Gasteiger partial charge is 0.128 e. The molecule has 0 aliphatic carbocycles. The molecule has 116 valence electrons. The van der Waals surface area contributed by atoms with E-state index in [9.17, 15) is 0 Å². The van der Waals surface area contributed by atoms with Gasteiger partial charge in [0.25, 0.3) is 0 Å². The molecule has 6 heteroatoms. The van der Waals surface area contributed by atoms with E-state index in [1.807, 2.05) is 43.8 Å². The monoisotopic (exact) mass is 323 g/mol. The van der Waals surface area contributed by atoms with Crippen LogP contribution in [0.15, 0.2) is 58.8 Å². The number of pyridine rings is 2. The first-order valence-corrected chi connectivity index (χ1v) is 8.04. The highest BCUT2D eigenvalue weighted by Gasteiger charge is 2.08. The molecule has 3 aromatic rings. The van der Waals surface area contributed by atoms with Crippen molar-refractivity contribution >= 4 is 33.1 Å². The topological polar surface area (TPSA) is 76.2 Å². The molecule has 3 N–H and O–H groups in total. The lowest BCUT2D eigenvalue weighted by Gasteiger charge is -2.02. The second kappa shape index (κ2) is 6.58. The molecule has 3 heterocycles. The van der Waals surface area contributed by atoms with Crippen LogP contribution in [-0.4, -0.2) is 22.9 Å². The summed E-state index contributed by atoms with van der Waals surface area (Å²) in [7, 11) is 1.83. The Morgan fingerprint density at radius 1 is 1.26 bits per heavy atom. The van der Waals surface area contributed by atoms with Gasteiger partial charge in [0.15, 0.2) is 0 Å². The van der Waals surface area contributed by atoms with Crippen LogP contribution in [0.25, 0.3) is 21.5 Å². The lowest BCUT2D eigenvalue weighted by Crippen LogP contribution is -2.14. The first-order valence-electron chi connectivity index (χ1n) is 7.16. The van der Waals surface area contributed by atoms with Crippen molar-refractivity contribution in [1.82, 2.24) is 15.3 Å². The SMILES string of the molecule is CN/C=C(/C)C(N)=Nc1csc2ccc(-c3ccncc3)nc12. The van der Waals surface area contributed by atoms with Crippen LogP contribution in [0.4, 0.5) is 5.69 Å². The van der Waals surface area contributed by atoms with Gasteiger partial charge in [-0.25, -0.2) is 9.98 Å². The minimum Gasteiger partial charge on any atom is -0.394 e. The Morgan fingerprint density at radius 3 is 2.78 bits per heavy atom. The molecule has 0 radical (unpaired) electrons. The minimum absolute atomic E-state index is 0.482. The van der Waals surface area contributed by atoms with Crippen LogP contribution in [0.3, 0.4) is 0 Å². The van der Waals surface area contributed by atoms with E-state index >= 15 is 0 Å². The lowest BCUT2D eigenvalue weighted by atomic mass is 10.2. The van der Waals surface area contributed by atoms with Gasteiger partial charge in [-0.1, -0.05) is 0 Å². The van der Waals surface area contributed by atoms with Gasteiger partial charge in [0.1, 0.15) is 17.0 Å². The van der Waals surface area contributed by atoms with Gasteiger partial charge in [0, 0.05) is 42.2 Å². The van der Waals surface area contributed by atoms with Crippen LogP contribution in [0.5, 0.6) is 0 Å². The Labute approximate surface area is 138 Å². The van der Waals surface area contributed by atoms with Crippen molar-refractivity contribution in [2.24, 2.45) is 10.7 Å². The third-order valence-corrected chi connectivity index (χ3v) is 4.30. The third kappa shape index (κ3) is 3.22. The summed E-state index contributed by atoms with van der Waals surface area (Å²) < 4.78 is 1.09. The van der Waals surface area contributed by atoms with E-state index < -0.39 is 0 Å². The number of nitrogens with two attached hydrogens (primary N) is 1. The van der Waals surface area contributed by atoms with Crippen molar-refractivity contribution in [3.05, 3.63) is 53.8 Å². The second-order valence-electron chi connectivity index (χ2n) is 5.01. The summed E-state index contributed by atoms with van der Waals surface area (Å²) in [6.45, 7) is 1.92. The van der Waals surface area contributed by atoms with Crippen LogP contribution in [-0.2, 0) is 0 Å². The quantitative estimate of drug-likeness (QED) is 0.569. The van der Waals surface area contributed by atoms with Gasteiger partial charge in [-0.15, -0.1) is 11.3 Å². The molecule has 0 atom stereocenters. The molecule has 5 nitrogen and oxygen atoms in total. The second-order valence-corrected chi connectivity index (χ2v) is 5.92. The zero-order valence-electron chi connectivity index (χ0n) is 12.9. The molecule has 0 aliphatic heterocycles. The number of aliphatic imine (C=N–C) groups is 1. The molecule has 0 saturated carbocycles. The fourth-order valence-corrected chi connectivity index (χ4v) is 2.98. The molecule has 0 bridgehead atoms. The molecular formula is C17H17N5S. The Hall–Kier alpha value is -2.73. The lowest BCUT2D eigenvalue weighted by molar-refractivity contribution is 1.09. The molecular weight excluding hydrogens is 306 g/mol. The molecule has 0 fully saturated rings. The van der Waals surface area contributed by atoms with Gasteiger partial charge in [-0.05, 0) is 31.2 Å². The zero-order valence-corrected chi connectivity index (χ0v) is 13.8. The maximum atomic E-state index is 6.04. The first-order chi connectivity index (χ1) is 11.2. The van der Waals surface area contributed by atoms with Gasteiger partial charge in [-0.3, -0.25) is 4.98 Å². The first kappa shape index (κ1) is 15.2. The van der Waals surface area contributed by atoms with E-state index in [1.54, 1.807) is 23.7 Å². The summed E-state index contributed by atoms with van der Waals surface area (Å²) in [5.41, 5.74) is 10.5. The summed E-state index contributed by atoms with van der Waals surface area (Å²) in [4.78, 5) is 13.3.